The summed E-state index contributed by atoms with van der Waals surface area (Å²) in [6, 6.07) is 3.82. The number of rotatable bonds is 7. The maximum atomic E-state index is 6.05. The summed E-state index contributed by atoms with van der Waals surface area (Å²) in [6.45, 7) is 3.07. The Labute approximate surface area is 117 Å². The highest BCUT2D eigenvalue weighted by molar-refractivity contribution is 5.74. The summed E-state index contributed by atoms with van der Waals surface area (Å²) >= 11 is 0. The zero-order chi connectivity index (χ0) is 14.4. The van der Waals surface area contributed by atoms with Crippen molar-refractivity contribution in [2.45, 2.75) is 19.5 Å². The second kappa shape index (κ2) is 6.76. The highest BCUT2D eigenvalue weighted by Gasteiger charge is 2.10. The van der Waals surface area contributed by atoms with Gasteiger partial charge in [-0.05, 0) is 19.1 Å². The quantitative estimate of drug-likeness (QED) is 0.708. The first-order valence-corrected chi connectivity index (χ1v) is 6.33. The van der Waals surface area contributed by atoms with Gasteiger partial charge in [0.25, 0.3) is 0 Å². The number of ether oxygens (including phenoxy) is 1. The van der Waals surface area contributed by atoms with Gasteiger partial charge in [-0.2, -0.15) is 0 Å². The van der Waals surface area contributed by atoms with E-state index in [2.05, 4.69) is 20.6 Å². The van der Waals surface area contributed by atoms with E-state index in [-0.39, 0.29) is 6.04 Å². The van der Waals surface area contributed by atoms with Crippen LogP contribution in [-0.2, 0) is 11.3 Å². The number of nitrogens with zero attached hydrogens (tertiary/aromatic N) is 2. The number of hydrogen-bond donors (Lipinski definition) is 3. The summed E-state index contributed by atoms with van der Waals surface area (Å²) in [5, 5.41) is 6.30. The van der Waals surface area contributed by atoms with E-state index in [1.54, 1.807) is 13.4 Å². The lowest BCUT2D eigenvalue weighted by atomic mass is 10.3. The number of aromatic nitrogens is 2. The number of nitrogen functional groups attached to an aromatic ring is 1. The van der Waals surface area contributed by atoms with Crippen molar-refractivity contribution in [1.29, 1.82) is 0 Å². The van der Waals surface area contributed by atoms with Crippen LogP contribution in [-0.4, -0.2) is 29.7 Å². The van der Waals surface area contributed by atoms with Crippen molar-refractivity contribution in [3.63, 3.8) is 0 Å². The van der Waals surface area contributed by atoms with Crippen molar-refractivity contribution in [1.82, 2.24) is 9.97 Å². The van der Waals surface area contributed by atoms with Crippen molar-refractivity contribution in [2.24, 2.45) is 0 Å². The fourth-order valence-corrected chi connectivity index (χ4v) is 1.76. The number of furan rings is 1. The highest BCUT2D eigenvalue weighted by atomic mass is 16.5. The average Bonchev–Trinajstić information content (AvgIpc) is 2.93. The van der Waals surface area contributed by atoms with Crippen LogP contribution in [0.2, 0.25) is 0 Å². The molecule has 0 aliphatic carbocycles. The Bertz CT molecular complexity index is 530. The summed E-state index contributed by atoms with van der Waals surface area (Å²) < 4.78 is 10.3. The fourth-order valence-electron chi connectivity index (χ4n) is 1.76. The second-order valence-electron chi connectivity index (χ2n) is 4.42. The van der Waals surface area contributed by atoms with Crippen LogP contribution in [0.25, 0.3) is 0 Å². The standard InChI is InChI=1S/C13H19N5O2/c1-9(7-19-2)18-13-11(14)12(16-8-17-13)15-6-10-4-3-5-20-10/h3-5,8-9H,6-7,14H2,1-2H3,(H2,15,16,17,18). The minimum absolute atomic E-state index is 0.107. The zero-order valence-electron chi connectivity index (χ0n) is 11.6. The van der Waals surface area contributed by atoms with E-state index < -0.39 is 0 Å². The molecule has 108 valence electrons. The predicted molar refractivity (Wildman–Crippen MR) is 77.4 cm³/mol. The van der Waals surface area contributed by atoms with Gasteiger partial charge < -0.3 is 25.5 Å². The molecule has 7 heteroatoms. The highest BCUT2D eigenvalue weighted by Crippen LogP contribution is 2.23. The van der Waals surface area contributed by atoms with Crippen molar-refractivity contribution in [3.05, 3.63) is 30.5 Å². The number of hydrogen-bond acceptors (Lipinski definition) is 7. The average molecular weight is 277 g/mol. The van der Waals surface area contributed by atoms with Crippen molar-refractivity contribution in [3.8, 4) is 0 Å². The zero-order valence-corrected chi connectivity index (χ0v) is 11.6. The third-order valence-corrected chi connectivity index (χ3v) is 2.69. The van der Waals surface area contributed by atoms with Gasteiger partial charge in [-0.15, -0.1) is 0 Å². The van der Waals surface area contributed by atoms with Gasteiger partial charge in [0, 0.05) is 13.2 Å². The molecule has 0 aliphatic heterocycles. The summed E-state index contributed by atoms with van der Waals surface area (Å²) in [4.78, 5) is 8.27. The van der Waals surface area contributed by atoms with Crippen LogP contribution in [0.1, 0.15) is 12.7 Å². The number of nitrogens with one attached hydrogen (secondary N) is 2. The molecule has 0 bridgehead atoms. The Morgan fingerprint density at radius 1 is 1.40 bits per heavy atom. The van der Waals surface area contributed by atoms with Crippen molar-refractivity contribution in [2.75, 3.05) is 30.1 Å². The van der Waals surface area contributed by atoms with E-state index in [9.17, 15) is 0 Å². The van der Waals surface area contributed by atoms with Crippen LogP contribution in [0.15, 0.2) is 29.1 Å². The molecule has 0 amide bonds. The Balaban J connectivity index is 2.02. The van der Waals surface area contributed by atoms with E-state index in [1.807, 2.05) is 19.1 Å². The first-order chi connectivity index (χ1) is 9.70. The van der Waals surface area contributed by atoms with Crippen LogP contribution in [0.3, 0.4) is 0 Å². The van der Waals surface area contributed by atoms with E-state index in [1.165, 1.54) is 6.33 Å². The summed E-state index contributed by atoms with van der Waals surface area (Å²) in [6.07, 6.45) is 3.09. The second-order valence-corrected chi connectivity index (χ2v) is 4.42. The maximum absolute atomic E-state index is 6.05. The minimum Gasteiger partial charge on any atom is -0.467 e. The van der Waals surface area contributed by atoms with Crippen LogP contribution in [0.4, 0.5) is 17.3 Å². The molecule has 1 unspecified atom stereocenters. The molecule has 2 heterocycles. The molecule has 4 N–H and O–H groups in total. The predicted octanol–water partition coefficient (Wildman–Crippen LogP) is 1.71. The number of nitrogens with two attached hydrogens (primary N) is 1. The molecule has 7 nitrogen and oxygen atoms in total. The van der Waals surface area contributed by atoms with Gasteiger partial charge >= 0.3 is 0 Å². The molecule has 0 saturated carbocycles. The summed E-state index contributed by atoms with van der Waals surface area (Å²) in [5.41, 5.74) is 6.52. The van der Waals surface area contributed by atoms with Gasteiger partial charge in [0.1, 0.15) is 17.8 Å². The van der Waals surface area contributed by atoms with Gasteiger partial charge in [-0.25, -0.2) is 9.97 Å². The Kier molecular flexibility index (Phi) is 4.78. The SMILES string of the molecule is COCC(C)Nc1ncnc(NCc2ccco2)c1N. The molecule has 1 atom stereocenters. The molecule has 0 aromatic carbocycles. The lowest BCUT2D eigenvalue weighted by Gasteiger charge is -2.16. The molecule has 0 fully saturated rings. The molecule has 2 rings (SSSR count). The van der Waals surface area contributed by atoms with Crippen molar-refractivity contribution >= 4 is 17.3 Å². The number of methoxy groups -OCH3 is 1. The third kappa shape index (κ3) is 3.61. The Hall–Kier alpha value is -2.28. The van der Waals surface area contributed by atoms with E-state index in [0.717, 1.165) is 5.76 Å². The molecule has 0 saturated heterocycles. The molecule has 0 aliphatic rings. The van der Waals surface area contributed by atoms with Gasteiger partial charge in [-0.3, -0.25) is 0 Å². The van der Waals surface area contributed by atoms with Crippen molar-refractivity contribution < 1.29 is 9.15 Å². The minimum atomic E-state index is 0.107. The summed E-state index contributed by atoms with van der Waals surface area (Å²) in [5.74, 6) is 1.97. The lowest BCUT2D eigenvalue weighted by Crippen LogP contribution is -2.22. The molecular formula is C13H19N5O2. The molecule has 0 spiro atoms. The van der Waals surface area contributed by atoms with Gasteiger partial charge in [-0.1, -0.05) is 0 Å². The largest absolute Gasteiger partial charge is 0.467 e. The first kappa shape index (κ1) is 14.1. The Morgan fingerprint density at radius 3 is 2.90 bits per heavy atom. The van der Waals surface area contributed by atoms with E-state index >= 15 is 0 Å². The molecule has 2 aromatic heterocycles. The van der Waals surface area contributed by atoms with Gasteiger partial charge in [0.2, 0.25) is 0 Å². The molecule has 20 heavy (non-hydrogen) atoms. The molecule has 0 radical (unpaired) electrons. The maximum Gasteiger partial charge on any atom is 0.155 e. The van der Waals surface area contributed by atoms with E-state index in [4.69, 9.17) is 14.9 Å². The van der Waals surface area contributed by atoms with Crippen LogP contribution in [0.5, 0.6) is 0 Å². The number of anilines is 3. The third-order valence-electron chi connectivity index (χ3n) is 2.69. The fraction of sp³-hybridized carbons (Fsp3) is 0.385. The first-order valence-electron chi connectivity index (χ1n) is 6.33. The summed E-state index contributed by atoms with van der Waals surface area (Å²) in [7, 11) is 1.65. The normalized spacial score (nSPS) is 12.1. The van der Waals surface area contributed by atoms with Crippen LogP contribution < -0.4 is 16.4 Å². The topological polar surface area (TPSA) is 98.2 Å². The van der Waals surface area contributed by atoms with Crippen LogP contribution >= 0.6 is 0 Å². The van der Waals surface area contributed by atoms with Crippen LogP contribution in [0, 0.1) is 0 Å². The molecule has 2 aromatic rings. The van der Waals surface area contributed by atoms with E-state index in [0.29, 0.717) is 30.5 Å². The lowest BCUT2D eigenvalue weighted by molar-refractivity contribution is 0.190. The Morgan fingerprint density at radius 2 is 2.20 bits per heavy atom. The van der Waals surface area contributed by atoms with Gasteiger partial charge in [0.05, 0.1) is 19.4 Å². The smallest absolute Gasteiger partial charge is 0.155 e. The monoisotopic (exact) mass is 277 g/mol. The van der Waals surface area contributed by atoms with Gasteiger partial charge in [0.15, 0.2) is 11.6 Å². The molecular weight excluding hydrogens is 258 g/mol.